The van der Waals surface area contributed by atoms with Crippen molar-refractivity contribution >= 4 is 40.3 Å². The first-order valence-corrected chi connectivity index (χ1v) is 20.8. The zero-order valence-electron chi connectivity index (χ0n) is 33.7. The summed E-state index contributed by atoms with van der Waals surface area (Å²) in [7, 11) is 0. The van der Waals surface area contributed by atoms with Gasteiger partial charge in [0.25, 0.3) is 0 Å². The number of aromatic nitrogens is 2. The molecule has 2 aromatic rings. The molecule has 58 heavy (non-hydrogen) atoms. The van der Waals surface area contributed by atoms with E-state index in [-0.39, 0.29) is 58.5 Å². The molecule has 0 aliphatic heterocycles. The predicted molar refractivity (Wildman–Crippen MR) is 208 cm³/mol. The van der Waals surface area contributed by atoms with Crippen LogP contribution in [0.4, 0.5) is 11.4 Å². The van der Waals surface area contributed by atoms with Gasteiger partial charge in [-0.1, -0.05) is 25.9 Å². The number of nitrogens with one attached hydrogen (secondary N) is 1. The number of carboxylic acids is 1. The summed E-state index contributed by atoms with van der Waals surface area (Å²) in [6.07, 6.45) is 9.63. The Labute approximate surface area is 337 Å². The summed E-state index contributed by atoms with van der Waals surface area (Å²) in [5.41, 5.74) is 8.42. The molecule has 4 aliphatic rings. The average molecular weight is 812 g/mol. The van der Waals surface area contributed by atoms with Gasteiger partial charge in [-0.05, 0) is 132 Å². The van der Waals surface area contributed by atoms with Gasteiger partial charge in [-0.3, -0.25) is 19.7 Å². The topological polar surface area (TPSA) is 251 Å². The van der Waals surface area contributed by atoms with Crippen LogP contribution in [0.2, 0.25) is 0 Å². The van der Waals surface area contributed by atoms with E-state index < -0.39 is 29.3 Å². The van der Waals surface area contributed by atoms with Gasteiger partial charge in [0.05, 0.1) is 43.5 Å². The lowest BCUT2D eigenvalue weighted by atomic mass is 9.44. The smallest absolute Gasteiger partial charge is 0.329 e. The summed E-state index contributed by atoms with van der Waals surface area (Å²) in [4.78, 5) is 51.4. The maximum absolute atomic E-state index is 13.6. The number of rotatable bonds is 20. The van der Waals surface area contributed by atoms with E-state index in [1.165, 1.54) is 37.8 Å². The van der Waals surface area contributed by atoms with Crippen molar-refractivity contribution in [3.8, 4) is 0 Å². The highest BCUT2D eigenvalue weighted by Gasteiger charge is 2.60. The van der Waals surface area contributed by atoms with Crippen LogP contribution in [0, 0.1) is 56.5 Å². The lowest BCUT2D eigenvalue weighted by Crippen LogP contribution is -2.54. The fourth-order valence-corrected chi connectivity index (χ4v) is 11.5. The second-order valence-electron chi connectivity index (χ2n) is 17.3. The van der Waals surface area contributed by atoms with E-state index in [1.54, 1.807) is 0 Å². The number of fused-ring (bicyclic) bond motifs is 6. The van der Waals surface area contributed by atoms with Crippen LogP contribution >= 0.6 is 0 Å². The van der Waals surface area contributed by atoms with E-state index in [0.29, 0.717) is 74.8 Å². The summed E-state index contributed by atoms with van der Waals surface area (Å²) >= 11 is 0. The molecular formula is C40H57N7O11. The third kappa shape index (κ3) is 9.50. The van der Waals surface area contributed by atoms with E-state index in [0.717, 1.165) is 32.1 Å². The molecule has 0 radical (unpaired) electrons. The number of nitrogens with zero attached hydrogens (tertiary/aromatic N) is 6. The summed E-state index contributed by atoms with van der Waals surface area (Å²) in [6, 6.07) is 1.31. The van der Waals surface area contributed by atoms with Gasteiger partial charge in [-0.15, -0.1) is 0 Å². The maximum atomic E-state index is 13.6. The average Bonchev–Trinajstić information content (AvgIpc) is 3.83. The third-order valence-corrected chi connectivity index (χ3v) is 14.3. The monoisotopic (exact) mass is 811 g/mol. The van der Waals surface area contributed by atoms with Crippen LogP contribution in [0.3, 0.4) is 0 Å². The van der Waals surface area contributed by atoms with Gasteiger partial charge in [-0.25, -0.2) is 9.42 Å². The maximum Gasteiger partial charge on any atom is 0.329 e. The van der Waals surface area contributed by atoms with Crippen LogP contribution in [-0.2, 0) is 33.3 Å². The second-order valence-corrected chi connectivity index (χ2v) is 17.3. The number of anilines is 1. The first-order valence-electron chi connectivity index (χ1n) is 20.8. The Balaban J connectivity index is 0.977. The number of aliphatic carboxylic acids is 1. The van der Waals surface area contributed by atoms with Crippen molar-refractivity contribution in [1.29, 1.82) is 0 Å². The number of carbonyl (C=O) groups is 3. The molecule has 0 spiro atoms. The van der Waals surface area contributed by atoms with E-state index in [2.05, 4.69) is 46.4 Å². The molecule has 0 bridgehead atoms. The lowest BCUT2D eigenvalue weighted by Gasteiger charge is -2.61. The Bertz CT molecular complexity index is 1840. The minimum Gasteiger partial charge on any atom is -0.481 e. The van der Waals surface area contributed by atoms with E-state index >= 15 is 0 Å². The Morgan fingerprint density at radius 2 is 1.74 bits per heavy atom. The van der Waals surface area contributed by atoms with E-state index in [1.807, 2.05) is 0 Å². The van der Waals surface area contributed by atoms with Crippen LogP contribution in [0.5, 0.6) is 0 Å². The quantitative estimate of drug-likeness (QED) is 0.0254. The number of esters is 2. The fourth-order valence-electron chi connectivity index (χ4n) is 11.5. The van der Waals surface area contributed by atoms with Crippen LogP contribution in [-0.4, -0.2) is 90.0 Å². The molecule has 10 atom stereocenters. The van der Waals surface area contributed by atoms with Crippen molar-refractivity contribution in [1.82, 2.24) is 10.3 Å². The van der Waals surface area contributed by atoms with Crippen LogP contribution in [0.15, 0.2) is 21.9 Å². The number of hydrogen-bond acceptors (Lipinski definition) is 14. The molecule has 0 unspecified atom stereocenters. The van der Waals surface area contributed by atoms with Crippen LogP contribution in [0.25, 0.3) is 21.5 Å². The molecule has 0 saturated heterocycles. The highest BCUT2D eigenvalue weighted by Crippen LogP contribution is 2.68. The van der Waals surface area contributed by atoms with Gasteiger partial charge >= 0.3 is 23.6 Å². The number of ether oxygens (including phenoxy) is 4. The minimum atomic E-state index is -1.25. The first-order chi connectivity index (χ1) is 27.9. The molecule has 1 heterocycles. The van der Waals surface area contributed by atoms with E-state index in [9.17, 15) is 29.6 Å². The molecule has 18 heteroatoms. The van der Waals surface area contributed by atoms with Crippen LogP contribution in [0.1, 0.15) is 97.8 Å². The Kier molecular flexibility index (Phi) is 14.1. The van der Waals surface area contributed by atoms with E-state index in [4.69, 9.17) is 29.1 Å². The van der Waals surface area contributed by atoms with Crippen molar-refractivity contribution in [3.05, 3.63) is 32.7 Å². The highest BCUT2D eigenvalue weighted by atomic mass is 16.6. The van der Waals surface area contributed by atoms with Gasteiger partial charge in [0.15, 0.2) is 5.52 Å². The predicted octanol–water partition coefficient (Wildman–Crippen LogP) is 7.26. The second kappa shape index (κ2) is 19.0. The molecule has 4 fully saturated rings. The Morgan fingerprint density at radius 3 is 2.50 bits per heavy atom. The number of benzene rings is 1. The van der Waals surface area contributed by atoms with Crippen molar-refractivity contribution in [3.63, 3.8) is 0 Å². The minimum absolute atomic E-state index is 0.0215. The molecule has 1 aromatic heterocycles. The van der Waals surface area contributed by atoms with Crippen molar-refractivity contribution in [2.24, 2.45) is 51.5 Å². The SMILES string of the molecule is C[C@H](CCC(=O)OCCOCCOCCN=[N+]=[N-])[C@H]1CC[C@H]2[C@@H]3CC[C@@H]4C[C@H](OC(=O)[C@H](CC(=O)O)Nc5ccc([N+](=O)[O-])c6nonc56)CC[C@]4(C)[C@H]3CC[C@]12C. The van der Waals surface area contributed by atoms with Crippen molar-refractivity contribution < 1.29 is 48.0 Å². The molecule has 2 N–H and O–H groups in total. The van der Waals surface area contributed by atoms with Gasteiger partial charge < -0.3 is 29.4 Å². The lowest BCUT2D eigenvalue weighted by molar-refractivity contribution is -0.383. The summed E-state index contributed by atoms with van der Waals surface area (Å²) in [5, 5.41) is 34.7. The number of carbonyl (C=O) groups excluding carboxylic acids is 2. The van der Waals surface area contributed by atoms with Crippen molar-refractivity contribution in [2.45, 2.75) is 110 Å². The number of hydrogen-bond donors (Lipinski definition) is 2. The molecule has 4 saturated carbocycles. The normalized spacial score (nSPS) is 29.8. The summed E-state index contributed by atoms with van der Waals surface area (Å²) in [6.45, 7) is 9.15. The zero-order valence-corrected chi connectivity index (χ0v) is 33.7. The number of non-ortho nitro benzene ring substituents is 1. The number of nitro benzene ring substituents is 1. The first kappa shape index (κ1) is 43.0. The van der Waals surface area contributed by atoms with Gasteiger partial charge in [0, 0.05) is 23.9 Å². The van der Waals surface area contributed by atoms with Crippen molar-refractivity contribution in [2.75, 3.05) is 44.9 Å². The summed E-state index contributed by atoms with van der Waals surface area (Å²) < 4.78 is 27.0. The molecule has 18 nitrogen and oxygen atoms in total. The largest absolute Gasteiger partial charge is 0.481 e. The zero-order chi connectivity index (χ0) is 41.5. The Hall–Kier alpha value is -4.54. The number of azide groups is 1. The fraction of sp³-hybridized carbons (Fsp3) is 0.775. The standard InChI is InChI=1S/C40H57N7O11/c1-24(4-11-35(50)56-21-20-55-19-18-54-17-16-42-46-41)28-7-8-29-27-6-5-25-22-26(12-14-39(25,2)30(27)13-15-40(28,29)3)57-38(51)32(23-34(48)49)43-31-9-10-33(47(52)53)37-36(31)44-58-45-37/h9-10,24-30,32,43H,4-8,11-23H2,1-3H3,(H,48,49)/t24-,25-,26-,27+,28-,29+,30+,32+,39+,40-/m1/s1. The number of nitro groups is 1. The van der Waals surface area contributed by atoms with Gasteiger partial charge in [0.2, 0.25) is 5.52 Å². The molecule has 6 rings (SSSR count). The van der Waals surface area contributed by atoms with Gasteiger partial charge in [-0.2, -0.15) is 0 Å². The summed E-state index contributed by atoms with van der Waals surface area (Å²) in [5.74, 6) is 1.17. The van der Waals surface area contributed by atoms with Gasteiger partial charge in [0.1, 0.15) is 18.8 Å². The highest BCUT2D eigenvalue weighted by molar-refractivity contribution is 5.95. The molecule has 318 valence electrons. The van der Waals surface area contributed by atoms with Crippen LogP contribution < -0.4 is 5.32 Å². The Morgan fingerprint density at radius 1 is 1.02 bits per heavy atom. The third-order valence-electron chi connectivity index (χ3n) is 14.3. The molecule has 0 amide bonds. The number of carboxylic acid groups (broad SMARTS) is 1. The molecule has 4 aliphatic carbocycles. The molecular weight excluding hydrogens is 754 g/mol. The molecule has 1 aromatic carbocycles.